The van der Waals surface area contributed by atoms with E-state index in [9.17, 15) is 13.2 Å². The molecular weight excluding hydrogens is 278 g/mol. The number of amides is 1. The molecule has 0 atom stereocenters. The van der Waals surface area contributed by atoms with Crippen molar-refractivity contribution in [1.82, 2.24) is 9.21 Å². The molecule has 1 aromatic carbocycles. The Bertz CT molecular complexity index is 601. The predicted octanol–water partition coefficient (Wildman–Crippen LogP) is -0.251. The first-order chi connectivity index (χ1) is 9.42. The summed E-state index contributed by atoms with van der Waals surface area (Å²) in [6.07, 6.45) is 0. The van der Waals surface area contributed by atoms with Gasteiger partial charge in [0.1, 0.15) is 0 Å². The Morgan fingerprint density at radius 3 is 2.60 bits per heavy atom. The van der Waals surface area contributed by atoms with Crippen molar-refractivity contribution in [3.63, 3.8) is 0 Å². The fraction of sp³-hybridized carbons (Fsp3) is 0.462. The smallest absolute Gasteiger partial charge is 0.237 e. The lowest BCUT2D eigenvalue weighted by atomic mass is 10.1. The molecule has 110 valence electrons. The van der Waals surface area contributed by atoms with Crippen LogP contribution in [0.5, 0.6) is 0 Å². The molecule has 0 aromatic heterocycles. The summed E-state index contributed by atoms with van der Waals surface area (Å²) < 4.78 is 25.9. The van der Waals surface area contributed by atoms with E-state index in [1.807, 2.05) is 6.07 Å². The van der Waals surface area contributed by atoms with Gasteiger partial charge in [-0.15, -0.1) is 0 Å². The second-order valence-electron chi connectivity index (χ2n) is 4.93. The molecule has 1 aromatic rings. The Balaban J connectivity index is 2.12. The van der Waals surface area contributed by atoms with Gasteiger partial charge in [-0.05, 0) is 11.1 Å². The van der Waals surface area contributed by atoms with Crippen LogP contribution in [0.3, 0.4) is 0 Å². The number of piperazine rings is 1. The summed E-state index contributed by atoms with van der Waals surface area (Å²) in [6.45, 7) is 1.08. The van der Waals surface area contributed by atoms with Crippen LogP contribution < -0.4 is 5.73 Å². The highest BCUT2D eigenvalue weighted by atomic mass is 32.2. The van der Waals surface area contributed by atoms with Gasteiger partial charge in [0.25, 0.3) is 0 Å². The lowest BCUT2D eigenvalue weighted by Gasteiger charge is -2.31. The van der Waals surface area contributed by atoms with Crippen LogP contribution in [0, 0.1) is 0 Å². The van der Waals surface area contributed by atoms with Crippen LogP contribution in [0.1, 0.15) is 11.1 Å². The van der Waals surface area contributed by atoms with Crippen molar-refractivity contribution in [2.75, 3.05) is 26.7 Å². The summed E-state index contributed by atoms with van der Waals surface area (Å²) >= 11 is 0. The molecule has 20 heavy (non-hydrogen) atoms. The highest BCUT2D eigenvalue weighted by Crippen LogP contribution is 2.14. The van der Waals surface area contributed by atoms with Gasteiger partial charge >= 0.3 is 0 Å². The van der Waals surface area contributed by atoms with Gasteiger partial charge in [-0.25, -0.2) is 8.42 Å². The van der Waals surface area contributed by atoms with E-state index in [1.165, 1.54) is 4.31 Å². The minimum atomic E-state index is -3.47. The molecule has 7 heteroatoms. The zero-order valence-electron chi connectivity index (χ0n) is 11.4. The summed E-state index contributed by atoms with van der Waals surface area (Å²) in [7, 11) is -1.80. The Labute approximate surface area is 119 Å². The van der Waals surface area contributed by atoms with E-state index in [4.69, 9.17) is 5.73 Å². The minimum absolute atomic E-state index is 0.0740. The average molecular weight is 297 g/mol. The maximum Gasteiger partial charge on any atom is 0.237 e. The molecule has 2 rings (SSSR count). The van der Waals surface area contributed by atoms with Crippen LogP contribution >= 0.6 is 0 Å². The monoisotopic (exact) mass is 297 g/mol. The third-order valence-electron chi connectivity index (χ3n) is 3.39. The molecular formula is C13H19N3O3S. The topological polar surface area (TPSA) is 83.7 Å². The lowest BCUT2D eigenvalue weighted by molar-refractivity contribution is -0.132. The molecule has 0 saturated carbocycles. The largest absolute Gasteiger partial charge is 0.343 e. The zero-order chi connectivity index (χ0) is 14.8. The number of carbonyl (C=O) groups is 1. The Kier molecular flexibility index (Phi) is 4.42. The number of rotatable bonds is 4. The molecule has 0 bridgehead atoms. The summed E-state index contributed by atoms with van der Waals surface area (Å²) in [4.78, 5) is 13.2. The lowest BCUT2D eigenvalue weighted by Crippen LogP contribution is -2.50. The molecule has 0 radical (unpaired) electrons. The van der Waals surface area contributed by atoms with E-state index in [0.29, 0.717) is 25.2 Å². The zero-order valence-corrected chi connectivity index (χ0v) is 12.3. The minimum Gasteiger partial charge on any atom is -0.343 e. The van der Waals surface area contributed by atoms with E-state index in [2.05, 4.69) is 0 Å². The molecule has 0 unspecified atom stereocenters. The van der Waals surface area contributed by atoms with Gasteiger partial charge in [0.15, 0.2) is 0 Å². The quantitative estimate of drug-likeness (QED) is 0.830. The molecule has 1 heterocycles. The number of likely N-dealkylation sites (N-methyl/N-ethyl adjacent to an activating group) is 1. The van der Waals surface area contributed by atoms with Gasteiger partial charge in [-0.2, -0.15) is 4.31 Å². The summed E-state index contributed by atoms with van der Waals surface area (Å²) in [5, 5.41) is 0. The van der Waals surface area contributed by atoms with Crippen LogP contribution in [0.15, 0.2) is 24.3 Å². The number of hydrogen-bond acceptors (Lipinski definition) is 4. The van der Waals surface area contributed by atoms with E-state index < -0.39 is 10.0 Å². The maximum absolute atomic E-state index is 12.3. The summed E-state index contributed by atoms with van der Waals surface area (Å²) in [6, 6.07) is 7.20. The highest BCUT2D eigenvalue weighted by Gasteiger charge is 2.30. The van der Waals surface area contributed by atoms with E-state index in [-0.39, 0.29) is 18.2 Å². The Morgan fingerprint density at radius 1 is 1.25 bits per heavy atom. The number of sulfonamides is 1. The van der Waals surface area contributed by atoms with Gasteiger partial charge in [0.2, 0.25) is 15.9 Å². The van der Waals surface area contributed by atoms with Crippen LogP contribution in [-0.4, -0.2) is 50.2 Å². The first-order valence-corrected chi connectivity index (χ1v) is 8.03. The molecule has 1 fully saturated rings. The number of nitrogens with zero attached hydrogens (tertiary/aromatic N) is 2. The average Bonchev–Trinajstić information content (AvgIpc) is 2.41. The van der Waals surface area contributed by atoms with Gasteiger partial charge in [-0.3, -0.25) is 4.79 Å². The normalized spacial score (nSPS) is 17.5. The molecule has 1 saturated heterocycles. The van der Waals surface area contributed by atoms with Gasteiger partial charge < -0.3 is 10.6 Å². The molecule has 1 aliphatic rings. The standard InChI is InChI=1S/C13H19N3O3S/c1-15-5-6-16(9-13(15)17)20(18,19)10-12-4-2-3-11(7-12)8-14/h2-4,7H,5-6,8-10,14H2,1H3. The Morgan fingerprint density at radius 2 is 1.95 bits per heavy atom. The summed E-state index contributed by atoms with van der Waals surface area (Å²) in [5.74, 6) is -0.270. The second kappa shape index (κ2) is 5.90. The van der Waals surface area contributed by atoms with Crippen LogP contribution in [0.4, 0.5) is 0 Å². The number of carbonyl (C=O) groups excluding carboxylic acids is 1. The van der Waals surface area contributed by atoms with Crippen molar-refractivity contribution in [1.29, 1.82) is 0 Å². The highest BCUT2D eigenvalue weighted by molar-refractivity contribution is 7.88. The third kappa shape index (κ3) is 3.36. The summed E-state index contributed by atoms with van der Waals surface area (Å²) in [5.41, 5.74) is 7.14. The SMILES string of the molecule is CN1CCN(S(=O)(=O)Cc2cccc(CN)c2)CC1=O. The third-order valence-corrected chi connectivity index (χ3v) is 5.19. The number of hydrogen-bond donors (Lipinski definition) is 1. The van der Waals surface area contributed by atoms with Crippen molar-refractivity contribution in [3.05, 3.63) is 35.4 Å². The van der Waals surface area contributed by atoms with Crippen molar-refractivity contribution < 1.29 is 13.2 Å². The molecule has 0 spiro atoms. The number of nitrogens with two attached hydrogens (primary N) is 1. The van der Waals surface area contributed by atoms with Crippen LogP contribution in [0.25, 0.3) is 0 Å². The molecule has 6 nitrogen and oxygen atoms in total. The number of benzene rings is 1. The van der Waals surface area contributed by atoms with Crippen molar-refractivity contribution in [2.24, 2.45) is 5.73 Å². The molecule has 1 amide bonds. The van der Waals surface area contributed by atoms with Crippen LogP contribution in [-0.2, 0) is 27.1 Å². The second-order valence-corrected chi connectivity index (χ2v) is 6.90. The molecule has 1 aliphatic heterocycles. The van der Waals surface area contributed by atoms with Gasteiger partial charge in [0.05, 0.1) is 12.3 Å². The molecule has 2 N–H and O–H groups in total. The maximum atomic E-state index is 12.3. The van der Waals surface area contributed by atoms with E-state index in [0.717, 1.165) is 5.56 Å². The fourth-order valence-electron chi connectivity index (χ4n) is 2.12. The predicted molar refractivity (Wildman–Crippen MR) is 76.2 cm³/mol. The van der Waals surface area contributed by atoms with Crippen molar-refractivity contribution in [2.45, 2.75) is 12.3 Å². The van der Waals surface area contributed by atoms with E-state index in [1.54, 1.807) is 30.1 Å². The fourth-order valence-corrected chi connectivity index (χ4v) is 3.57. The van der Waals surface area contributed by atoms with Crippen LogP contribution in [0.2, 0.25) is 0 Å². The molecule has 0 aliphatic carbocycles. The van der Waals surface area contributed by atoms with Crippen molar-refractivity contribution >= 4 is 15.9 Å². The van der Waals surface area contributed by atoms with Crippen molar-refractivity contribution in [3.8, 4) is 0 Å². The van der Waals surface area contributed by atoms with Gasteiger partial charge in [0, 0.05) is 26.7 Å². The van der Waals surface area contributed by atoms with E-state index >= 15 is 0 Å². The van der Waals surface area contributed by atoms with Gasteiger partial charge in [-0.1, -0.05) is 24.3 Å². The first-order valence-electron chi connectivity index (χ1n) is 6.42. The first kappa shape index (κ1) is 15.0. The Hall–Kier alpha value is -1.44.